The zero-order valence-corrected chi connectivity index (χ0v) is 24.4. The van der Waals surface area contributed by atoms with Crippen LogP contribution in [0.4, 0.5) is 13.6 Å². The molecule has 220 valence electrons. The van der Waals surface area contributed by atoms with Crippen molar-refractivity contribution in [1.29, 1.82) is 0 Å². The lowest BCUT2D eigenvalue weighted by atomic mass is 9.79. The van der Waals surface area contributed by atoms with Crippen LogP contribution in [-0.4, -0.2) is 59.4 Å². The molecule has 0 aromatic heterocycles. The molecule has 3 N–H and O–H groups in total. The van der Waals surface area contributed by atoms with Crippen molar-refractivity contribution in [2.75, 3.05) is 19.6 Å². The summed E-state index contributed by atoms with van der Waals surface area (Å²) in [6.07, 6.45) is -1.09. The summed E-state index contributed by atoms with van der Waals surface area (Å²) >= 11 is 0. The molecule has 9 heteroatoms. The maximum Gasteiger partial charge on any atom is 0.407 e. The van der Waals surface area contributed by atoms with Crippen molar-refractivity contribution in [2.45, 2.75) is 90.0 Å². The SMILES string of the molecule is CCN1CCC(NCC(O)C(Cc2cc(F)cc(F)c2)NC(=O)OC(C)(C)C)(c2ccc(C(C)C)cc2)CC1=O. The average molecular weight is 560 g/mol. The Bertz CT molecular complexity index is 1150. The number of carbonyl (C=O) groups excluding carboxylic acids is 2. The highest BCUT2D eigenvalue weighted by Crippen LogP contribution is 2.34. The van der Waals surface area contributed by atoms with Crippen molar-refractivity contribution < 1.29 is 28.2 Å². The van der Waals surface area contributed by atoms with Crippen LogP contribution in [0.25, 0.3) is 0 Å². The van der Waals surface area contributed by atoms with Crippen LogP contribution in [0.15, 0.2) is 42.5 Å². The van der Waals surface area contributed by atoms with Gasteiger partial charge in [-0.2, -0.15) is 0 Å². The number of likely N-dealkylation sites (tertiary alicyclic amines) is 1. The average Bonchev–Trinajstić information content (AvgIpc) is 2.85. The summed E-state index contributed by atoms with van der Waals surface area (Å²) in [5.74, 6) is -1.12. The predicted octanol–water partition coefficient (Wildman–Crippen LogP) is 5.01. The largest absolute Gasteiger partial charge is 0.444 e. The van der Waals surface area contributed by atoms with E-state index in [1.165, 1.54) is 17.7 Å². The molecule has 2 amide bonds. The maximum absolute atomic E-state index is 13.9. The fourth-order valence-corrected chi connectivity index (χ4v) is 5.10. The molecule has 1 saturated heterocycles. The molecule has 40 heavy (non-hydrogen) atoms. The summed E-state index contributed by atoms with van der Waals surface area (Å²) in [7, 11) is 0. The van der Waals surface area contributed by atoms with E-state index in [1.54, 1.807) is 20.8 Å². The number of benzene rings is 2. The highest BCUT2D eigenvalue weighted by molar-refractivity contribution is 5.79. The molecule has 2 aromatic rings. The van der Waals surface area contributed by atoms with E-state index in [0.29, 0.717) is 25.4 Å². The van der Waals surface area contributed by atoms with Crippen LogP contribution >= 0.6 is 0 Å². The smallest absolute Gasteiger partial charge is 0.407 e. The van der Waals surface area contributed by atoms with Crippen molar-refractivity contribution in [2.24, 2.45) is 0 Å². The van der Waals surface area contributed by atoms with E-state index in [4.69, 9.17) is 4.74 Å². The summed E-state index contributed by atoms with van der Waals surface area (Å²) in [5, 5.41) is 17.4. The molecule has 0 bridgehead atoms. The lowest BCUT2D eigenvalue weighted by molar-refractivity contribution is -0.136. The number of amides is 2. The van der Waals surface area contributed by atoms with Gasteiger partial charge in [-0.25, -0.2) is 13.6 Å². The lowest BCUT2D eigenvalue weighted by Gasteiger charge is -2.43. The minimum absolute atomic E-state index is 0.0161. The Morgan fingerprint density at radius 1 is 1.12 bits per heavy atom. The van der Waals surface area contributed by atoms with E-state index < -0.39 is 41.0 Å². The Balaban J connectivity index is 1.86. The first-order chi connectivity index (χ1) is 18.7. The number of hydrogen-bond donors (Lipinski definition) is 3. The van der Waals surface area contributed by atoms with E-state index >= 15 is 0 Å². The third-order valence-corrected chi connectivity index (χ3v) is 7.32. The number of nitrogens with one attached hydrogen (secondary N) is 2. The fourth-order valence-electron chi connectivity index (χ4n) is 5.10. The van der Waals surface area contributed by atoms with Crippen molar-refractivity contribution in [3.63, 3.8) is 0 Å². The van der Waals surface area contributed by atoms with Crippen LogP contribution < -0.4 is 10.6 Å². The van der Waals surface area contributed by atoms with Crippen molar-refractivity contribution in [3.05, 3.63) is 70.8 Å². The normalized spacial score (nSPS) is 19.4. The Kier molecular flexibility index (Phi) is 10.3. The van der Waals surface area contributed by atoms with Gasteiger partial charge in [0.15, 0.2) is 0 Å². The molecule has 0 saturated carbocycles. The molecule has 1 fully saturated rings. The summed E-state index contributed by atoms with van der Waals surface area (Å²) in [4.78, 5) is 27.5. The first-order valence-electron chi connectivity index (χ1n) is 14.0. The van der Waals surface area contributed by atoms with E-state index in [2.05, 4.69) is 36.6 Å². The van der Waals surface area contributed by atoms with Gasteiger partial charge in [0.1, 0.15) is 17.2 Å². The zero-order valence-electron chi connectivity index (χ0n) is 24.4. The van der Waals surface area contributed by atoms with E-state index in [0.717, 1.165) is 11.6 Å². The number of aliphatic hydroxyl groups is 1. The van der Waals surface area contributed by atoms with Gasteiger partial charge in [0.25, 0.3) is 0 Å². The fraction of sp³-hybridized carbons (Fsp3) is 0.548. The third kappa shape index (κ3) is 8.48. The molecular formula is C31H43F2N3O4. The molecule has 3 rings (SSSR count). The summed E-state index contributed by atoms with van der Waals surface area (Å²) in [5.41, 5.74) is 0.906. The van der Waals surface area contributed by atoms with Crippen LogP contribution in [0.3, 0.4) is 0 Å². The number of carbonyl (C=O) groups is 2. The van der Waals surface area contributed by atoms with Crippen LogP contribution in [0.2, 0.25) is 0 Å². The highest BCUT2D eigenvalue weighted by atomic mass is 19.1. The first-order valence-corrected chi connectivity index (χ1v) is 14.0. The van der Waals surface area contributed by atoms with Gasteiger partial charge in [0.2, 0.25) is 5.91 Å². The number of nitrogens with zero attached hydrogens (tertiary/aromatic N) is 1. The third-order valence-electron chi connectivity index (χ3n) is 7.32. The minimum atomic E-state index is -1.16. The van der Waals surface area contributed by atoms with E-state index in [1.807, 2.05) is 24.0 Å². The Morgan fingerprint density at radius 3 is 2.27 bits per heavy atom. The van der Waals surface area contributed by atoms with E-state index in [-0.39, 0.29) is 30.9 Å². The number of alkyl carbamates (subject to hydrolysis) is 1. The molecule has 0 aliphatic carbocycles. The molecule has 2 aromatic carbocycles. The maximum atomic E-state index is 13.9. The summed E-state index contributed by atoms with van der Waals surface area (Å²) < 4.78 is 33.2. The van der Waals surface area contributed by atoms with Crippen molar-refractivity contribution in [3.8, 4) is 0 Å². The predicted molar refractivity (Wildman–Crippen MR) is 151 cm³/mol. The Hall–Kier alpha value is -3.04. The number of piperidine rings is 1. The van der Waals surface area contributed by atoms with Crippen LogP contribution in [-0.2, 0) is 21.5 Å². The Labute approximate surface area is 236 Å². The van der Waals surface area contributed by atoms with E-state index in [9.17, 15) is 23.5 Å². The van der Waals surface area contributed by atoms with Gasteiger partial charge in [0, 0.05) is 32.1 Å². The standard InChI is InChI=1S/C31H43F2N3O4/c1-7-36-13-12-31(18-28(36)38,23-10-8-22(9-11-23)20(2)3)34-19-27(37)26(35-29(39)40-30(4,5)6)16-21-14-24(32)17-25(33)15-21/h8-11,14-15,17,20,26-27,34,37H,7,12-13,16,18-19H2,1-6H3,(H,35,39). The first kappa shape index (κ1) is 31.5. The van der Waals surface area contributed by atoms with Crippen LogP contribution in [0.5, 0.6) is 0 Å². The molecule has 1 aliphatic heterocycles. The lowest BCUT2D eigenvalue weighted by Crippen LogP contribution is -2.57. The second-order valence-electron chi connectivity index (χ2n) is 11.9. The summed E-state index contributed by atoms with van der Waals surface area (Å²) in [6.45, 7) is 12.5. The molecular weight excluding hydrogens is 516 g/mol. The number of halogens is 2. The van der Waals surface area contributed by atoms with Gasteiger partial charge in [-0.1, -0.05) is 38.1 Å². The minimum Gasteiger partial charge on any atom is -0.444 e. The van der Waals surface area contributed by atoms with Crippen LogP contribution in [0, 0.1) is 11.6 Å². The van der Waals surface area contributed by atoms with Gasteiger partial charge in [-0.05, 0) is 75.3 Å². The van der Waals surface area contributed by atoms with Crippen LogP contribution in [0.1, 0.15) is 77.0 Å². The number of rotatable bonds is 10. The van der Waals surface area contributed by atoms with Gasteiger partial charge >= 0.3 is 6.09 Å². The zero-order chi connectivity index (χ0) is 29.7. The van der Waals surface area contributed by atoms with Crippen molar-refractivity contribution in [1.82, 2.24) is 15.5 Å². The molecule has 7 nitrogen and oxygen atoms in total. The molecule has 1 aliphatic rings. The molecule has 0 radical (unpaired) electrons. The number of hydrogen-bond acceptors (Lipinski definition) is 5. The van der Waals surface area contributed by atoms with Gasteiger partial charge in [0.05, 0.1) is 17.7 Å². The number of ether oxygens (including phenoxy) is 1. The quantitative estimate of drug-likeness (QED) is 0.381. The van der Waals surface area contributed by atoms with Gasteiger partial charge in [-0.15, -0.1) is 0 Å². The number of aliphatic hydroxyl groups excluding tert-OH is 1. The topological polar surface area (TPSA) is 90.9 Å². The molecule has 3 unspecified atom stereocenters. The van der Waals surface area contributed by atoms with Crippen molar-refractivity contribution >= 4 is 12.0 Å². The van der Waals surface area contributed by atoms with Gasteiger partial charge < -0.3 is 25.4 Å². The summed E-state index contributed by atoms with van der Waals surface area (Å²) in [6, 6.07) is 10.4. The second-order valence-corrected chi connectivity index (χ2v) is 11.9. The molecule has 3 atom stereocenters. The Morgan fingerprint density at radius 2 is 1.75 bits per heavy atom. The molecule has 1 heterocycles. The monoisotopic (exact) mass is 559 g/mol. The molecule has 0 spiro atoms. The second kappa shape index (κ2) is 13.1. The highest BCUT2D eigenvalue weighted by Gasteiger charge is 2.40. The van der Waals surface area contributed by atoms with Gasteiger partial charge in [-0.3, -0.25) is 4.79 Å².